The van der Waals surface area contributed by atoms with Crippen molar-refractivity contribution in [2.24, 2.45) is 0 Å². The van der Waals surface area contributed by atoms with E-state index in [0.717, 1.165) is 12.1 Å². The minimum absolute atomic E-state index is 0.0181. The minimum atomic E-state index is -0.725. The van der Waals surface area contributed by atoms with Crippen molar-refractivity contribution in [3.05, 3.63) is 52.0 Å². The molecule has 1 aromatic carbocycles. The first-order chi connectivity index (χ1) is 11.5. The number of hydrogen-bond donors (Lipinski definition) is 0. The number of fused-ring (bicyclic) bond motifs is 2. The number of Topliss-reactive ketones (excluding diaryl/α,β-unsaturated/α-hetero) is 1. The number of benzene rings is 1. The van der Waals surface area contributed by atoms with Gasteiger partial charge >= 0.3 is 0 Å². The smallest absolute Gasteiger partial charge is 0.294 e. The van der Waals surface area contributed by atoms with Crippen LogP contribution in [0.25, 0.3) is 0 Å². The minimum Gasteiger partial charge on any atom is -0.455 e. The molecule has 0 saturated carbocycles. The van der Waals surface area contributed by atoms with Crippen LogP contribution in [0.2, 0.25) is 0 Å². The second-order valence-electron chi connectivity index (χ2n) is 6.22. The molecule has 0 N–H and O–H groups in total. The SMILES string of the molecule is Cc1c(C(=O)N2CCc3c(F)cc(F)cc32)oc2c1C(=O)CCC2. The molecule has 1 aliphatic carbocycles. The predicted octanol–water partition coefficient (Wildman–Crippen LogP) is 3.59. The number of halogens is 2. The van der Waals surface area contributed by atoms with Crippen LogP contribution in [0.4, 0.5) is 14.5 Å². The summed E-state index contributed by atoms with van der Waals surface area (Å²) in [5.41, 5.74) is 1.58. The van der Waals surface area contributed by atoms with Gasteiger partial charge in [-0.1, -0.05) is 0 Å². The van der Waals surface area contributed by atoms with Gasteiger partial charge < -0.3 is 9.32 Å². The number of anilines is 1. The highest BCUT2D eigenvalue weighted by Gasteiger charge is 2.34. The summed E-state index contributed by atoms with van der Waals surface area (Å²) in [7, 11) is 0. The summed E-state index contributed by atoms with van der Waals surface area (Å²) in [6, 6.07) is 1.98. The fraction of sp³-hybridized carbons (Fsp3) is 0.333. The average molecular weight is 331 g/mol. The number of amides is 1. The summed E-state index contributed by atoms with van der Waals surface area (Å²) in [6.07, 6.45) is 2.10. The number of carbonyl (C=O) groups excluding carboxylic acids is 2. The summed E-state index contributed by atoms with van der Waals surface area (Å²) in [4.78, 5) is 26.2. The number of furan rings is 1. The molecule has 0 spiro atoms. The Morgan fingerprint density at radius 2 is 2.00 bits per heavy atom. The Kier molecular flexibility index (Phi) is 3.30. The molecule has 0 fully saturated rings. The average Bonchev–Trinajstić information content (AvgIpc) is 3.09. The van der Waals surface area contributed by atoms with Gasteiger partial charge in [0.1, 0.15) is 17.4 Å². The molecule has 0 bridgehead atoms. The van der Waals surface area contributed by atoms with Gasteiger partial charge in [-0.3, -0.25) is 9.59 Å². The van der Waals surface area contributed by atoms with Gasteiger partial charge in [0.2, 0.25) is 0 Å². The van der Waals surface area contributed by atoms with Crippen LogP contribution in [-0.2, 0) is 12.8 Å². The maximum atomic E-state index is 13.9. The number of nitrogens with zero attached hydrogens (tertiary/aromatic N) is 1. The Bertz CT molecular complexity index is 885. The van der Waals surface area contributed by atoms with Crippen molar-refractivity contribution in [3.63, 3.8) is 0 Å². The van der Waals surface area contributed by atoms with E-state index < -0.39 is 17.5 Å². The van der Waals surface area contributed by atoms with Gasteiger partial charge in [-0.15, -0.1) is 0 Å². The van der Waals surface area contributed by atoms with Gasteiger partial charge in [0.15, 0.2) is 11.5 Å². The monoisotopic (exact) mass is 331 g/mol. The van der Waals surface area contributed by atoms with Crippen LogP contribution < -0.4 is 4.90 Å². The zero-order valence-corrected chi connectivity index (χ0v) is 13.1. The van der Waals surface area contributed by atoms with Gasteiger partial charge in [0, 0.05) is 36.6 Å². The quantitative estimate of drug-likeness (QED) is 0.802. The fourth-order valence-corrected chi connectivity index (χ4v) is 3.61. The Hall–Kier alpha value is -2.50. The highest BCUT2D eigenvalue weighted by atomic mass is 19.1. The summed E-state index contributed by atoms with van der Waals surface area (Å²) >= 11 is 0. The number of hydrogen-bond acceptors (Lipinski definition) is 3. The Balaban J connectivity index is 1.76. The molecule has 1 amide bonds. The lowest BCUT2D eigenvalue weighted by Crippen LogP contribution is -2.29. The Labute approximate surface area is 137 Å². The van der Waals surface area contributed by atoms with Crippen molar-refractivity contribution in [1.82, 2.24) is 0 Å². The second-order valence-corrected chi connectivity index (χ2v) is 6.22. The normalized spacial score (nSPS) is 16.3. The van der Waals surface area contributed by atoms with Crippen molar-refractivity contribution < 1.29 is 22.8 Å². The van der Waals surface area contributed by atoms with Crippen molar-refractivity contribution in [3.8, 4) is 0 Å². The van der Waals surface area contributed by atoms with E-state index in [1.165, 1.54) is 4.90 Å². The molecular formula is C18H15F2NO3. The van der Waals surface area contributed by atoms with Gasteiger partial charge in [-0.25, -0.2) is 8.78 Å². The van der Waals surface area contributed by atoms with Crippen LogP contribution in [0, 0.1) is 18.6 Å². The standard InChI is InChI=1S/C18H15F2NO3/c1-9-16-14(22)3-2-4-15(16)24-17(9)18(23)21-6-5-11-12(20)7-10(19)8-13(11)21/h7-8H,2-6H2,1H3. The molecule has 2 aromatic rings. The topological polar surface area (TPSA) is 50.5 Å². The molecule has 0 unspecified atom stereocenters. The molecule has 124 valence electrons. The molecular weight excluding hydrogens is 316 g/mol. The third-order valence-electron chi connectivity index (χ3n) is 4.76. The third-order valence-corrected chi connectivity index (χ3v) is 4.76. The predicted molar refractivity (Wildman–Crippen MR) is 82.5 cm³/mol. The van der Waals surface area contributed by atoms with Crippen LogP contribution >= 0.6 is 0 Å². The number of rotatable bonds is 1. The first kappa shape index (κ1) is 15.1. The van der Waals surface area contributed by atoms with E-state index in [1.54, 1.807) is 6.92 Å². The zero-order valence-electron chi connectivity index (χ0n) is 13.1. The third kappa shape index (κ3) is 2.09. The fourth-order valence-electron chi connectivity index (χ4n) is 3.61. The van der Waals surface area contributed by atoms with Crippen LogP contribution in [0.5, 0.6) is 0 Å². The highest BCUT2D eigenvalue weighted by molar-refractivity contribution is 6.09. The van der Waals surface area contributed by atoms with E-state index >= 15 is 0 Å². The first-order valence-electron chi connectivity index (χ1n) is 7.92. The van der Waals surface area contributed by atoms with E-state index in [0.29, 0.717) is 48.1 Å². The zero-order chi connectivity index (χ0) is 17.0. The Morgan fingerprint density at radius 1 is 1.21 bits per heavy atom. The first-order valence-corrected chi connectivity index (χ1v) is 7.92. The molecule has 0 radical (unpaired) electrons. The van der Waals surface area contributed by atoms with Crippen LogP contribution in [0.3, 0.4) is 0 Å². The molecule has 4 rings (SSSR count). The molecule has 1 aliphatic heterocycles. The molecule has 4 nitrogen and oxygen atoms in total. The van der Waals surface area contributed by atoms with E-state index in [2.05, 4.69) is 0 Å². The molecule has 0 saturated heterocycles. The van der Waals surface area contributed by atoms with Crippen LogP contribution in [0.15, 0.2) is 16.5 Å². The molecule has 2 aliphatic rings. The number of ketones is 1. The number of aryl methyl sites for hydroxylation is 1. The summed E-state index contributed by atoms with van der Waals surface area (Å²) in [5.74, 6) is -1.22. The van der Waals surface area contributed by atoms with Crippen LogP contribution in [-0.4, -0.2) is 18.2 Å². The largest absolute Gasteiger partial charge is 0.455 e. The Morgan fingerprint density at radius 3 is 2.75 bits per heavy atom. The summed E-state index contributed by atoms with van der Waals surface area (Å²) < 4.78 is 33.1. The molecule has 6 heteroatoms. The lowest BCUT2D eigenvalue weighted by atomic mass is 9.94. The molecule has 0 atom stereocenters. The highest BCUT2D eigenvalue weighted by Crippen LogP contribution is 2.35. The van der Waals surface area contributed by atoms with Crippen LogP contribution in [0.1, 0.15) is 50.6 Å². The maximum absolute atomic E-state index is 13.9. The van der Waals surface area contributed by atoms with Gasteiger partial charge in [0.05, 0.1) is 11.3 Å². The lowest BCUT2D eigenvalue weighted by Gasteiger charge is -2.16. The van der Waals surface area contributed by atoms with E-state index in [4.69, 9.17) is 4.42 Å². The van der Waals surface area contributed by atoms with Crippen molar-refractivity contribution in [2.75, 3.05) is 11.4 Å². The van der Waals surface area contributed by atoms with Gasteiger partial charge in [0.25, 0.3) is 5.91 Å². The lowest BCUT2D eigenvalue weighted by molar-refractivity contribution is 0.0950. The second kappa shape index (κ2) is 5.26. The van der Waals surface area contributed by atoms with Crippen molar-refractivity contribution in [2.45, 2.75) is 32.6 Å². The molecule has 24 heavy (non-hydrogen) atoms. The van der Waals surface area contributed by atoms with Crippen molar-refractivity contribution in [1.29, 1.82) is 0 Å². The summed E-state index contributed by atoms with van der Waals surface area (Å²) in [5, 5.41) is 0. The van der Waals surface area contributed by atoms with E-state index in [9.17, 15) is 18.4 Å². The maximum Gasteiger partial charge on any atom is 0.294 e. The van der Waals surface area contributed by atoms with E-state index in [1.807, 2.05) is 0 Å². The molecule has 2 heterocycles. The summed E-state index contributed by atoms with van der Waals surface area (Å²) in [6.45, 7) is 1.94. The van der Waals surface area contributed by atoms with Crippen molar-refractivity contribution >= 4 is 17.4 Å². The van der Waals surface area contributed by atoms with E-state index in [-0.39, 0.29) is 23.8 Å². The number of carbonyl (C=O) groups is 2. The van der Waals surface area contributed by atoms with Gasteiger partial charge in [-0.05, 0) is 25.8 Å². The molecule has 1 aromatic heterocycles. The van der Waals surface area contributed by atoms with Gasteiger partial charge in [-0.2, -0.15) is 0 Å².